The third-order valence-electron chi connectivity index (χ3n) is 5.04. The van der Waals surface area contributed by atoms with E-state index in [2.05, 4.69) is 20.9 Å². The number of carbonyl (C=O) groups excluding carboxylic acids is 1. The zero-order valence-corrected chi connectivity index (χ0v) is 16.5. The molecule has 2 heterocycles. The Labute approximate surface area is 163 Å². The first-order valence-corrected chi connectivity index (χ1v) is 9.73. The first-order chi connectivity index (χ1) is 13.0. The number of nitrogens with zero attached hydrogens (tertiary/aromatic N) is 3. The van der Waals surface area contributed by atoms with Crippen LogP contribution in [0.3, 0.4) is 0 Å². The predicted octanol–water partition coefficient (Wildman–Crippen LogP) is 2.91. The van der Waals surface area contributed by atoms with Gasteiger partial charge in [0.1, 0.15) is 5.65 Å². The highest BCUT2D eigenvalue weighted by Crippen LogP contribution is 2.25. The SMILES string of the molecule is CCn1c(=O)n(Cc2ccc(Br)cc2)c(=O)c2c3c(cnc21)C(=O)CCC3. The molecule has 0 atom stereocenters. The monoisotopic (exact) mass is 427 g/mol. The van der Waals surface area contributed by atoms with E-state index in [1.165, 1.54) is 15.3 Å². The summed E-state index contributed by atoms with van der Waals surface area (Å²) in [7, 11) is 0. The van der Waals surface area contributed by atoms with Crippen molar-refractivity contribution < 1.29 is 4.79 Å². The zero-order chi connectivity index (χ0) is 19.1. The quantitative estimate of drug-likeness (QED) is 0.643. The van der Waals surface area contributed by atoms with Crippen LogP contribution in [0.15, 0.2) is 44.5 Å². The van der Waals surface area contributed by atoms with Gasteiger partial charge in [0.05, 0.1) is 11.9 Å². The number of aryl methyl sites for hydroxylation is 2. The Morgan fingerprint density at radius 1 is 1.07 bits per heavy atom. The van der Waals surface area contributed by atoms with Crippen molar-refractivity contribution in [3.05, 3.63) is 72.5 Å². The molecule has 0 amide bonds. The number of fused-ring (bicyclic) bond motifs is 3. The average molecular weight is 428 g/mol. The van der Waals surface area contributed by atoms with Crippen LogP contribution in [0, 0.1) is 0 Å². The van der Waals surface area contributed by atoms with Gasteiger partial charge in [-0.25, -0.2) is 9.78 Å². The number of benzene rings is 1. The maximum absolute atomic E-state index is 13.3. The number of ketones is 1. The highest BCUT2D eigenvalue weighted by Gasteiger charge is 2.24. The Morgan fingerprint density at radius 3 is 2.52 bits per heavy atom. The van der Waals surface area contributed by atoms with Gasteiger partial charge < -0.3 is 0 Å². The summed E-state index contributed by atoms with van der Waals surface area (Å²) in [4.78, 5) is 42.8. The van der Waals surface area contributed by atoms with Crippen molar-refractivity contribution in [3.8, 4) is 0 Å². The summed E-state index contributed by atoms with van der Waals surface area (Å²) >= 11 is 3.39. The Bertz CT molecular complexity index is 1180. The number of carbonyl (C=O) groups is 1. The molecule has 3 aromatic rings. The molecule has 0 unspecified atom stereocenters. The summed E-state index contributed by atoms with van der Waals surface area (Å²) in [6.45, 7) is 2.43. The third kappa shape index (κ3) is 2.96. The van der Waals surface area contributed by atoms with Gasteiger partial charge in [-0.15, -0.1) is 0 Å². The molecule has 0 bridgehead atoms. The molecule has 0 spiro atoms. The summed E-state index contributed by atoms with van der Waals surface area (Å²) in [5.74, 6) is 0.0127. The van der Waals surface area contributed by atoms with Gasteiger partial charge in [-0.1, -0.05) is 28.1 Å². The van der Waals surface area contributed by atoms with Gasteiger partial charge in [0.15, 0.2) is 5.78 Å². The zero-order valence-electron chi connectivity index (χ0n) is 14.9. The minimum atomic E-state index is -0.382. The van der Waals surface area contributed by atoms with Gasteiger partial charge in [-0.2, -0.15) is 0 Å². The fourth-order valence-corrected chi connectivity index (χ4v) is 3.95. The fraction of sp³-hybridized carbons (Fsp3) is 0.300. The molecular formula is C20H18BrN3O3. The molecule has 7 heteroatoms. The second kappa shape index (κ2) is 6.88. The molecule has 0 fully saturated rings. The van der Waals surface area contributed by atoms with E-state index in [1.807, 2.05) is 31.2 Å². The lowest BCUT2D eigenvalue weighted by Gasteiger charge is -2.19. The van der Waals surface area contributed by atoms with Crippen molar-refractivity contribution >= 4 is 32.7 Å². The van der Waals surface area contributed by atoms with Crippen LogP contribution in [0.1, 0.15) is 41.3 Å². The largest absolute Gasteiger partial charge is 0.332 e. The van der Waals surface area contributed by atoms with E-state index in [0.717, 1.165) is 15.6 Å². The van der Waals surface area contributed by atoms with Gasteiger partial charge >= 0.3 is 5.69 Å². The first-order valence-electron chi connectivity index (χ1n) is 8.94. The first kappa shape index (κ1) is 17.9. The van der Waals surface area contributed by atoms with Crippen LogP contribution in [-0.4, -0.2) is 19.9 Å². The molecule has 1 aromatic carbocycles. The molecule has 6 nitrogen and oxygen atoms in total. The van der Waals surface area contributed by atoms with Crippen LogP contribution in [-0.2, 0) is 19.5 Å². The van der Waals surface area contributed by atoms with Crippen molar-refractivity contribution in [1.82, 2.24) is 14.1 Å². The minimum Gasteiger partial charge on any atom is -0.294 e. The summed E-state index contributed by atoms with van der Waals surface area (Å²) in [6, 6.07) is 7.50. The topological polar surface area (TPSA) is 74.0 Å². The molecule has 27 heavy (non-hydrogen) atoms. The maximum atomic E-state index is 13.3. The summed E-state index contributed by atoms with van der Waals surface area (Å²) < 4.78 is 3.69. The van der Waals surface area contributed by atoms with Crippen LogP contribution in [0.2, 0.25) is 0 Å². The van der Waals surface area contributed by atoms with Crippen LogP contribution in [0.5, 0.6) is 0 Å². The molecular weight excluding hydrogens is 410 g/mol. The number of hydrogen-bond acceptors (Lipinski definition) is 4. The highest BCUT2D eigenvalue weighted by molar-refractivity contribution is 9.10. The van der Waals surface area contributed by atoms with Gasteiger partial charge in [-0.05, 0) is 43.0 Å². The molecule has 0 N–H and O–H groups in total. The van der Waals surface area contributed by atoms with Crippen molar-refractivity contribution in [3.63, 3.8) is 0 Å². The smallest absolute Gasteiger partial charge is 0.294 e. The summed E-state index contributed by atoms with van der Waals surface area (Å²) in [6.07, 6.45) is 3.35. The van der Waals surface area contributed by atoms with E-state index >= 15 is 0 Å². The van der Waals surface area contributed by atoms with Crippen molar-refractivity contribution in [2.75, 3.05) is 0 Å². The van der Waals surface area contributed by atoms with E-state index in [1.54, 1.807) is 0 Å². The van der Waals surface area contributed by atoms with Gasteiger partial charge in [0.2, 0.25) is 0 Å². The fourth-order valence-electron chi connectivity index (χ4n) is 3.68. The number of pyridine rings is 1. The second-order valence-corrected chi connectivity index (χ2v) is 7.59. The third-order valence-corrected chi connectivity index (χ3v) is 5.57. The van der Waals surface area contributed by atoms with E-state index in [-0.39, 0.29) is 23.6 Å². The number of rotatable bonds is 3. The van der Waals surface area contributed by atoms with E-state index in [4.69, 9.17) is 0 Å². The highest BCUT2D eigenvalue weighted by atomic mass is 79.9. The number of halogens is 1. The van der Waals surface area contributed by atoms with Crippen LogP contribution in [0.4, 0.5) is 0 Å². The van der Waals surface area contributed by atoms with Crippen molar-refractivity contribution in [1.29, 1.82) is 0 Å². The van der Waals surface area contributed by atoms with Gasteiger partial charge in [0.25, 0.3) is 5.56 Å². The summed E-state index contributed by atoms with van der Waals surface area (Å²) in [5.41, 5.74) is 1.71. The lowest BCUT2D eigenvalue weighted by molar-refractivity contribution is 0.0972. The number of aromatic nitrogens is 3. The molecule has 4 rings (SSSR count). The molecule has 138 valence electrons. The number of Topliss-reactive ketones (excluding diaryl/α,β-unsaturated/α-hetero) is 1. The van der Waals surface area contributed by atoms with Crippen molar-refractivity contribution in [2.45, 2.75) is 39.3 Å². The minimum absolute atomic E-state index is 0.0127. The predicted molar refractivity (Wildman–Crippen MR) is 106 cm³/mol. The Morgan fingerprint density at radius 2 is 1.81 bits per heavy atom. The van der Waals surface area contributed by atoms with Crippen LogP contribution >= 0.6 is 15.9 Å². The van der Waals surface area contributed by atoms with Crippen LogP contribution in [0.25, 0.3) is 11.0 Å². The Balaban J connectivity index is 2.02. The molecule has 2 aromatic heterocycles. The average Bonchev–Trinajstić information content (AvgIpc) is 2.67. The van der Waals surface area contributed by atoms with E-state index < -0.39 is 0 Å². The lowest BCUT2D eigenvalue weighted by atomic mass is 9.90. The Kier molecular flexibility index (Phi) is 4.55. The van der Waals surface area contributed by atoms with Crippen molar-refractivity contribution in [2.24, 2.45) is 0 Å². The van der Waals surface area contributed by atoms with E-state index in [0.29, 0.717) is 42.4 Å². The van der Waals surface area contributed by atoms with Gasteiger partial charge in [-0.3, -0.25) is 18.7 Å². The number of hydrogen-bond donors (Lipinski definition) is 0. The normalized spacial score (nSPS) is 13.8. The summed E-state index contributed by atoms with van der Waals surface area (Å²) in [5, 5.41) is 0.402. The van der Waals surface area contributed by atoms with Crippen LogP contribution < -0.4 is 11.2 Å². The molecule has 1 aliphatic carbocycles. The Hall–Kier alpha value is -2.54. The molecule has 0 aliphatic heterocycles. The molecule has 0 radical (unpaired) electrons. The second-order valence-electron chi connectivity index (χ2n) is 6.67. The molecule has 0 saturated heterocycles. The molecule has 0 saturated carbocycles. The standard InChI is InChI=1S/C20H18BrN3O3/c1-2-23-18-17(14-4-3-5-16(25)15(14)10-22-18)19(26)24(20(23)27)11-12-6-8-13(21)9-7-12/h6-10H,2-5,11H2,1H3. The molecule has 1 aliphatic rings. The van der Waals surface area contributed by atoms with E-state index in [9.17, 15) is 14.4 Å². The lowest BCUT2D eigenvalue weighted by Crippen LogP contribution is -2.41. The maximum Gasteiger partial charge on any atom is 0.332 e. The van der Waals surface area contributed by atoms with Gasteiger partial charge in [0, 0.05) is 29.2 Å².